The predicted molar refractivity (Wildman–Crippen MR) is 65.0 cm³/mol. The van der Waals surface area contributed by atoms with E-state index in [2.05, 4.69) is 46.4 Å². The topological polar surface area (TPSA) is 37.1 Å². The summed E-state index contributed by atoms with van der Waals surface area (Å²) in [6, 6.07) is 8.47. The Balaban J connectivity index is 1.94. The van der Waals surface area contributed by atoms with Crippen molar-refractivity contribution >= 4 is 28.1 Å². The Bertz CT molecular complexity index is 485. The highest BCUT2D eigenvalue weighted by Gasteiger charge is 2.27. The largest absolute Gasteiger partial charge is 0.261 e. The van der Waals surface area contributed by atoms with E-state index in [9.17, 15) is 0 Å². The lowest BCUT2D eigenvalue weighted by atomic mass is 10.2. The van der Waals surface area contributed by atoms with Crippen molar-refractivity contribution in [3.05, 3.63) is 35.4 Å². The number of thioether (sulfide) groups is 1. The van der Waals surface area contributed by atoms with Gasteiger partial charge in [-0.05, 0) is 18.7 Å². The zero-order chi connectivity index (χ0) is 10.3. The molecule has 3 nitrogen and oxygen atoms in total. The summed E-state index contributed by atoms with van der Waals surface area (Å²) in [5, 5.41) is 9.91. The van der Waals surface area contributed by atoms with Gasteiger partial charge >= 0.3 is 0 Å². The molecule has 0 spiro atoms. The Morgan fingerprint density at radius 3 is 2.73 bits per heavy atom. The minimum Gasteiger partial charge on any atom is -0.261 e. The van der Waals surface area contributed by atoms with Crippen LogP contribution in [0.1, 0.15) is 11.1 Å². The third-order valence-electron chi connectivity index (χ3n) is 2.37. The average molecular weight is 215 g/mol. The van der Waals surface area contributed by atoms with Crippen LogP contribution in [0.5, 0.6) is 0 Å². The average Bonchev–Trinajstić information content (AvgIpc) is 2.78. The van der Waals surface area contributed by atoms with E-state index in [4.69, 9.17) is 0 Å². The second-order valence-corrected chi connectivity index (χ2v) is 4.56. The van der Waals surface area contributed by atoms with E-state index in [0.717, 1.165) is 15.7 Å². The van der Waals surface area contributed by atoms with Crippen LogP contribution in [0.25, 0.3) is 0 Å². The number of benzene rings is 1. The van der Waals surface area contributed by atoms with E-state index in [1.54, 1.807) is 18.0 Å². The van der Waals surface area contributed by atoms with Crippen LogP contribution in [0.3, 0.4) is 0 Å². The maximum Gasteiger partial charge on any atom is 0.138 e. The van der Waals surface area contributed by atoms with Crippen LogP contribution < -0.4 is 0 Å². The zero-order valence-electron chi connectivity index (χ0n) is 8.21. The monoisotopic (exact) mass is 215 g/mol. The van der Waals surface area contributed by atoms with Gasteiger partial charge in [0.05, 0.1) is 6.21 Å². The molecule has 0 fully saturated rings. The number of rotatable bonds is 1. The van der Waals surface area contributed by atoms with Crippen molar-refractivity contribution in [1.82, 2.24) is 0 Å². The third kappa shape index (κ3) is 1.51. The Labute approximate surface area is 92.0 Å². The van der Waals surface area contributed by atoms with Crippen molar-refractivity contribution in [3.63, 3.8) is 0 Å². The van der Waals surface area contributed by atoms with Crippen LogP contribution in [0, 0.1) is 6.92 Å². The first kappa shape index (κ1) is 8.85. The Morgan fingerprint density at radius 2 is 2.00 bits per heavy atom. The fraction of sp³-hybridized carbons (Fsp3) is 0.182. The van der Waals surface area contributed by atoms with Crippen LogP contribution in [0.15, 0.2) is 39.5 Å². The Hall–Kier alpha value is -1.42. The van der Waals surface area contributed by atoms with Crippen LogP contribution in [0.4, 0.5) is 0 Å². The Kier molecular flexibility index (Phi) is 1.95. The lowest BCUT2D eigenvalue weighted by Crippen LogP contribution is -2.06. The normalized spacial score (nSPS) is 22.6. The minimum atomic E-state index is 0.0753. The van der Waals surface area contributed by atoms with Gasteiger partial charge in [-0.3, -0.25) is 4.99 Å². The van der Waals surface area contributed by atoms with E-state index >= 15 is 0 Å². The molecule has 4 heteroatoms. The summed E-state index contributed by atoms with van der Waals surface area (Å²) in [5.74, 6) is 0. The van der Waals surface area contributed by atoms with Gasteiger partial charge in [-0.15, -0.1) is 5.10 Å². The smallest absolute Gasteiger partial charge is 0.138 e. The molecule has 0 amide bonds. The van der Waals surface area contributed by atoms with E-state index in [1.165, 1.54) is 5.56 Å². The minimum absolute atomic E-state index is 0.0753. The molecule has 3 rings (SSSR count). The van der Waals surface area contributed by atoms with Gasteiger partial charge < -0.3 is 0 Å². The van der Waals surface area contributed by atoms with Crippen LogP contribution in [-0.2, 0) is 0 Å². The molecule has 0 saturated heterocycles. The van der Waals surface area contributed by atoms with Crippen LogP contribution in [-0.4, -0.2) is 22.3 Å². The maximum atomic E-state index is 4.55. The summed E-state index contributed by atoms with van der Waals surface area (Å²) in [6.45, 7) is 2.08. The molecule has 0 bridgehead atoms. The summed E-state index contributed by atoms with van der Waals surface area (Å²) < 4.78 is 0. The van der Waals surface area contributed by atoms with Gasteiger partial charge in [0.25, 0.3) is 0 Å². The first-order valence-corrected chi connectivity index (χ1v) is 5.58. The van der Waals surface area contributed by atoms with Gasteiger partial charge in [-0.2, -0.15) is 5.10 Å². The third-order valence-corrected chi connectivity index (χ3v) is 3.44. The van der Waals surface area contributed by atoms with Crippen molar-refractivity contribution < 1.29 is 0 Å². The number of nitrogens with zero attached hydrogens (tertiary/aromatic N) is 3. The van der Waals surface area contributed by atoms with E-state index in [-0.39, 0.29) is 6.04 Å². The molecule has 0 aromatic heterocycles. The van der Waals surface area contributed by atoms with Crippen molar-refractivity contribution in [2.24, 2.45) is 15.2 Å². The van der Waals surface area contributed by atoms with Gasteiger partial charge in [-0.25, -0.2) is 0 Å². The van der Waals surface area contributed by atoms with Crippen molar-refractivity contribution in [3.8, 4) is 0 Å². The van der Waals surface area contributed by atoms with Gasteiger partial charge in [0, 0.05) is 5.56 Å². The number of hydrogen-bond acceptors (Lipinski definition) is 4. The fourth-order valence-electron chi connectivity index (χ4n) is 1.53. The quantitative estimate of drug-likeness (QED) is 0.708. The number of aryl methyl sites for hydroxylation is 1. The van der Waals surface area contributed by atoms with Crippen LogP contribution >= 0.6 is 11.8 Å². The van der Waals surface area contributed by atoms with Crippen molar-refractivity contribution in [1.29, 1.82) is 0 Å². The number of fused-ring (bicyclic) bond motifs is 1. The molecule has 0 radical (unpaired) electrons. The molecule has 15 heavy (non-hydrogen) atoms. The second-order valence-electron chi connectivity index (χ2n) is 3.55. The summed E-state index contributed by atoms with van der Waals surface area (Å²) in [6.07, 6.45) is 1.78. The number of aliphatic imine (C=N–C) groups is 1. The summed E-state index contributed by atoms with van der Waals surface area (Å²) in [4.78, 5) is 4.55. The van der Waals surface area contributed by atoms with Gasteiger partial charge in [0.1, 0.15) is 16.1 Å². The second kappa shape index (κ2) is 3.31. The molecule has 2 aliphatic rings. The van der Waals surface area contributed by atoms with Crippen molar-refractivity contribution in [2.75, 3.05) is 0 Å². The first-order chi connectivity index (χ1) is 7.33. The molecule has 2 heterocycles. The lowest BCUT2D eigenvalue weighted by Gasteiger charge is -1.99. The fourth-order valence-corrected chi connectivity index (χ4v) is 2.47. The van der Waals surface area contributed by atoms with Crippen molar-refractivity contribution in [2.45, 2.75) is 13.0 Å². The van der Waals surface area contributed by atoms with E-state index in [0.29, 0.717) is 0 Å². The molecule has 1 aromatic carbocycles. The summed E-state index contributed by atoms with van der Waals surface area (Å²) in [5.41, 5.74) is 2.43. The van der Waals surface area contributed by atoms with Gasteiger partial charge in [0.15, 0.2) is 0 Å². The summed E-state index contributed by atoms with van der Waals surface area (Å²) >= 11 is 1.62. The molecule has 2 aliphatic heterocycles. The molecule has 0 saturated carbocycles. The molecule has 0 N–H and O–H groups in total. The molecule has 74 valence electrons. The van der Waals surface area contributed by atoms with E-state index < -0.39 is 0 Å². The molecule has 0 aliphatic carbocycles. The summed E-state index contributed by atoms with van der Waals surface area (Å²) in [7, 11) is 0. The lowest BCUT2D eigenvalue weighted by molar-refractivity contribution is 1.22. The standard InChI is InChI=1S/C11H9N3S/c1-7-2-4-8(5-3-7)10-13-9-6-12-14-11(9)15-10/h2-6,9H,1H3/t9-/m1/s1. The SMILES string of the molecule is Cc1ccc(C2=N[C@@H]3C=NN=C3S2)cc1. The zero-order valence-corrected chi connectivity index (χ0v) is 9.03. The highest BCUT2D eigenvalue weighted by molar-refractivity contribution is 8.27. The highest BCUT2D eigenvalue weighted by atomic mass is 32.2. The Morgan fingerprint density at radius 1 is 1.20 bits per heavy atom. The molecule has 1 aromatic rings. The van der Waals surface area contributed by atoms with Gasteiger partial charge in [0.2, 0.25) is 0 Å². The molecule has 1 atom stereocenters. The van der Waals surface area contributed by atoms with Crippen LogP contribution in [0.2, 0.25) is 0 Å². The van der Waals surface area contributed by atoms with E-state index in [1.807, 2.05) is 0 Å². The molecule has 0 unspecified atom stereocenters. The molecular formula is C11H9N3S. The molecular weight excluding hydrogens is 206 g/mol. The maximum absolute atomic E-state index is 4.55. The number of hydrogen-bond donors (Lipinski definition) is 0. The predicted octanol–water partition coefficient (Wildman–Crippen LogP) is 2.25. The van der Waals surface area contributed by atoms with Gasteiger partial charge in [-0.1, -0.05) is 29.8 Å². The highest BCUT2D eigenvalue weighted by Crippen LogP contribution is 2.27. The first-order valence-electron chi connectivity index (χ1n) is 4.77.